The first-order valence-electron chi connectivity index (χ1n) is 7.15. The van der Waals surface area contributed by atoms with E-state index in [4.69, 9.17) is 0 Å². The average molecular weight is 316 g/mol. The van der Waals surface area contributed by atoms with Crippen molar-refractivity contribution in [1.29, 1.82) is 0 Å². The summed E-state index contributed by atoms with van der Waals surface area (Å²) < 4.78 is 40.5. The molecule has 0 heterocycles. The van der Waals surface area contributed by atoms with Crippen LogP contribution in [0.3, 0.4) is 0 Å². The Morgan fingerprint density at radius 1 is 1.29 bits per heavy atom. The van der Waals surface area contributed by atoms with Crippen LogP contribution in [0, 0.1) is 5.82 Å². The third kappa shape index (κ3) is 4.02. The van der Waals surface area contributed by atoms with E-state index in [2.05, 4.69) is 5.32 Å². The highest BCUT2D eigenvalue weighted by molar-refractivity contribution is 7.89. The van der Waals surface area contributed by atoms with Crippen LogP contribution in [0.1, 0.15) is 39.7 Å². The highest BCUT2D eigenvalue weighted by Gasteiger charge is 2.34. The lowest BCUT2D eigenvalue weighted by molar-refractivity contribution is 0.257. The van der Waals surface area contributed by atoms with E-state index in [0.717, 1.165) is 6.07 Å². The molecule has 0 atom stereocenters. The molecule has 0 aliphatic heterocycles. The molecule has 0 aliphatic carbocycles. The van der Waals surface area contributed by atoms with Crippen molar-refractivity contribution in [2.24, 2.45) is 0 Å². The Morgan fingerprint density at radius 2 is 1.90 bits per heavy atom. The lowest BCUT2D eigenvalue weighted by atomic mass is 10.0. The van der Waals surface area contributed by atoms with Gasteiger partial charge in [-0.3, -0.25) is 0 Å². The maximum absolute atomic E-state index is 13.5. The summed E-state index contributed by atoms with van der Waals surface area (Å²) in [5.41, 5.74) is 0.0534. The summed E-state index contributed by atoms with van der Waals surface area (Å²) in [4.78, 5) is 0.0347. The van der Waals surface area contributed by atoms with Crippen molar-refractivity contribution in [3.8, 4) is 0 Å². The van der Waals surface area contributed by atoms with Gasteiger partial charge in [0.05, 0.1) is 4.90 Å². The van der Waals surface area contributed by atoms with Crippen molar-refractivity contribution in [2.75, 3.05) is 13.6 Å². The molecule has 1 aromatic carbocycles. The number of nitrogens with one attached hydrogen (secondary N) is 1. The van der Waals surface area contributed by atoms with Crippen LogP contribution in [0.5, 0.6) is 0 Å². The van der Waals surface area contributed by atoms with Crippen molar-refractivity contribution in [2.45, 2.75) is 51.1 Å². The van der Waals surface area contributed by atoms with Crippen molar-refractivity contribution in [3.63, 3.8) is 0 Å². The topological polar surface area (TPSA) is 49.4 Å². The van der Waals surface area contributed by atoms with E-state index in [-0.39, 0.29) is 4.90 Å². The van der Waals surface area contributed by atoms with Crippen LogP contribution in [0.4, 0.5) is 4.39 Å². The van der Waals surface area contributed by atoms with Gasteiger partial charge in [-0.05, 0) is 44.5 Å². The van der Waals surface area contributed by atoms with Crippen LogP contribution >= 0.6 is 0 Å². The second-order valence-corrected chi connectivity index (χ2v) is 7.61. The van der Waals surface area contributed by atoms with Crippen LogP contribution in [0.25, 0.3) is 0 Å². The van der Waals surface area contributed by atoms with E-state index in [1.54, 1.807) is 7.05 Å². The molecule has 21 heavy (non-hydrogen) atoms. The number of hydrogen-bond acceptors (Lipinski definition) is 3. The molecular weight excluding hydrogens is 291 g/mol. The zero-order chi connectivity index (χ0) is 16.3. The second kappa shape index (κ2) is 6.85. The summed E-state index contributed by atoms with van der Waals surface area (Å²) in [6.07, 6.45) is 0.667. The molecule has 1 N–H and O–H groups in total. The number of halogens is 1. The third-order valence-electron chi connectivity index (χ3n) is 3.95. The first-order chi connectivity index (χ1) is 9.66. The molecule has 0 spiro atoms. The quantitative estimate of drug-likeness (QED) is 0.841. The molecular formula is C15H25FN2O2S. The minimum atomic E-state index is -3.74. The molecule has 0 amide bonds. The van der Waals surface area contributed by atoms with Gasteiger partial charge >= 0.3 is 0 Å². The number of rotatable bonds is 7. The predicted octanol–water partition coefficient (Wildman–Crippen LogP) is 2.74. The zero-order valence-corrected chi connectivity index (χ0v) is 14.2. The van der Waals surface area contributed by atoms with Gasteiger partial charge in [0.1, 0.15) is 5.82 Å². The molecule has 0 radical (unpaired) electrons. The van der Waals surface area contributed by atoms with Gasteiger partial charge in [0.15, 0.2) is 0 Å². The average Bonchev–Trinajstić information content (AvgIpc) is 2.45. The van der Waals surface area contributed by atoms with E-state index >= 15 is 0 Å². The first kappa shape index (κ1) is 18.1. The standard InChI is InChI=1S/C15H25FN2O2S/c1-6-15(3,4)18(5)21(19,20)14-10-13(16)9-8-12(14)11-17-7-2/h8-10,17H,6-7,11H2,1-5H3. The second-order valence-electron chi connectivity index (χ2n) is 5.67. The van der Waals surface area contributed by atoms with E-state index in [9.17, 15) is 12.8 Å². The van der Waals surface area contributed by atoms with Gasteiger partial charge in [-0.2, -0.15) is 4.31 Å². The Bertz CT molecular complexity index is 585. The smallest absolute Gasteiger partial charge is 0.243 e. The minimum absolute atomic E-state index is 0.0347. The monoisotopic (exact) mass is 316 g/mol. The van der Waals surface area contributed by atoms with E-state index in [1.165, 1.54) is 16.4 Å². The summed E-state index contributed by atoms with van der Waals surface area (Å²) in [5.74, 6) is -0.545. The summed E-state index contributed by atoms with van der Waals surface area (Å²) >= 11 is 0. The lowest BCUT2D eigenvalue weighted by Crippen LogP contribution is -2.44. The van der Waals surface area contributed by atoms with E-state index < -0.39 is 21.4 Å². The molecule has 1 rings (SSSR count). The molecule has 0 saturated heterocycles. The van der Waals surface area contributed by atoms with Crippen LogP contribution < -0.4 is 5.32 Å². The Kier molecular flexibility index (Phi) is 5.90. The van der Waals surface area contributed by atoms with Crippen LogP contribution in [0.2, 0.25) is 0 Å². The predicted molar refractivity (Wildman–Crippen MR) is 83.1 cm³/mol. The van der Waals surface area contributed by atoms with Gasteiger partial charge in [-0.15, -0.1) is 0 Å². The fraction of sp³-hybridized carbons (Fsp3) is 0.600. The Morgan fingerprint density at radius 3 is 2.43 bits per heavy atom. The maximum Gasteiger partial charge on any atom is 0.243 e. The molecule has 120 valence electrons. The SMILES string of the molecule is CCNCc1ccc(F)cc1S(=O)(=O)N(C)C(C)(C)CC. The molecule has 1 aromatic rings. The summed E-state index contributed by atoms with van der Waals surface area (Å²) in [6, 6.07) is 3.92. The van der Waals surface area contributed by atoms with Gasteiger partial charge in [-0.1, -0.05) is 19.9 Å². The largest absolute Gasteiger partial charge is 0.313 e. The number of nitrogens with zero attached hydrogens (tertiary/aromatic N) is 1. The molecule has 0 unspecified atom stereocenters. The highest BCUT2D eigenvalue weighted by Crippen LogP contribution is 2.27. The molecule has 0 bridgehead atoms. The van der Waals surface area contributed by atoms with Crippen LogP contribution in [0.15, 0.2) is 23.1 Å². The third-order valence-corrected chi connectivity index (χ3v) is 6.10. The highest BCUT2D eigenvalue weighted by atomic mass is 32.2. The van der Waals surface area contributed by atoms with E-state index in [0.29, 0.717) is 25.1 Å². The van der Waals surface area contributed by atoms with Crippen LogP contribution in [-0.2, 0) is 16.6 Å². The Hall–Kier alpha value is -0.980. The van der Waals surface area contributed by atoms with Gasteiger partial charge in [0.2, 0.25) is 10.0 Å². The molecule has 0 aliphatic rings. The van der Waals surface area contributed by atoms with Gasteiger partial charge < -0.3 is 5.32 Å². The van der Waals surface area contributed by atoms with Gasteiger partial charge in [0.25, 0.3) is 0 Å². The molecule has 0 fully saturated rings. The van der Waals surface area contributed by atoms with Crippen molar-refractivity contribution in [1.82, 2.24) is 9.62 Å². The normalized spacial score (nSPS) is 12.9. The molecule has 6 heteroatoms. The summed E-state index contributed by atoms with van der Waals surface area (Å²) in [5, 5.41) is 3.08. The summed E-state index contributed by atoms with van der Waals surface area (Å²) in [7, 11) is -2.20. The van der Waals surface area contributed by atoms with Gasteiger partial charge in [-0.25, -0.2) is 12.8 Å². The molecule has 0 saturated carbocycles. The minimum Gasteiger partial charge on any atom is -0.313 e. The fourth-order valence-electron chi connectivity index (χ4n) is 1.87. The number of hydrogen-bond donors (Lipinski definition) is 1. The van der Waals surface area contributed by atoms with Crippen LogP contribution in [-0.4, -0.2) is 31.9 Å². The summed E-state index contributed by atoms with van der Waals surface area (Å²) in [6.45, 7) is 8.68. The van der Waals surface area contributed by atoms with Crippen molar-refractivity contribution in [3.05, 3.63) is 29.6 Å². The lowest BCUT2D eigenvalue weighted by Gasteiger charge is -2.34. The zero-order valence-electron chi connectivity index (χ0n) is 13.4. The Balaban J connectivity index is 3.33. The fourth-order valence-corrected chi connectivity index (χ4v) is 3.68. The van der Waals surface area contributed by atoms with E-state index in [1.807, 2.05) is 27.7 Å². The first-order valence-corrected chi connectivity index (χ1v) is 8.59. The molecule has 0 aromatic heterocycles. The maximum atomic E-state index is 13.5. The Labute approximate surface area is 127 Å². The van der Waals surface area contributed by atoms with Crippen molar-refractivity contribution >= 4 is 10.0 Å². The van der Waals surface area contributed by atoms with Crippen molar-refractivity contribution < 1.29 is 12.8 Å². The van der Waals surface area contributed by atoms with Gasteiger partial charge in [0, 0.05) is 19.1 Å². The number of sulfonamides is 1. The molecule has 4 nitrogen and oxygen atoms in total. The number of benzene rings is 1.